The SMILES string of the molecule is COc1cc(F)cc(-c2cncc3[nH]c(-c4n[nH]c5ccc(-c6cncc(NC(=O)c7ccccc7)c6)nc45)nc23)c1. The molecule has 204 valence electrons. The van der Waals surface area contributed by atoms with Gasteiger partial charge in [-0.1, -0.05) is 18.2 Å². The van der Waals surface area contributed by atoms with Gasteiger partial charge >= 0.3 is 0 Å². The van der Waals surface area contributed by atoms with Crippen LogP contribution in [0.25, 0.3) is 56.0 Å². The summed E-state index contributed by atoms with van der Waals surface area (Å²) in [7, 11) is 1.49. The lowest BCUT2D eigenvalue weighted by atomic mass is 10.1. The van der Waals surface area contributed by atoms with Gasteiger partial charge in [0.25, 0.3) is 5.91 Å². The first-order valence-corrected chi connectivity index (χ1v) is 12.9. The number of methoxy groups -OCH3 is 1. The Morgan fingerprint density at radius 2 is 1.71 bits per heavy atom. The number of benzene rings is 2. The third-order valence-electron chi connectivity index (χ3n) is 6.77. The number of carbonyl (C=O) groups is 1. The number of carbonyl (C=O) groups excluding carboxylic acids is 1. The van der Waals surface area contributed by atoms with Gasteiger partial charge in [-0.05, 0) is 48.0 Å². The highest BCUT2D eigenvalue weighted by atomic mass is 19.1. The van der Waals surface area contributed by atoms with Crippen LogP contribution in [0.4, 0.5) is 10.1 Å². The van der Waals surface area contributed by atoms with Crippen molar-refractivity contribution in [1.82, 2.24) is 35.1 Å². The van der Waals surface area contributed by atoms with Gasteiger partial charge < -0.3 is 15.0 Å². The van der Waals surface area contributed by atoms with Gasteiger partial charge in [0, 0.05) is 35.2 Å². The Kier molecular flexibility index (Phi) is 6.08. The van der Waals surface area contributed by atoms with Gasteiger partial charge in [-0.2, -0.15) is 5.10 Å². The van der Waals surface area contributed by atoms with Gasteiger partial charge in [0.05, 0.1) is 47.4 Å². The molecule has 0 spiro atoms. The zero-order valence-electron chi connectivity index (χ0n) is 22.1. The van der Waals surface area contributed by atoms with E-state index in [2.05, 4.69) is 30.5 Å². The van der Waals surface area contributed by atoms with E-state index in [9.17, 15) is 9.18 Å². The minimum Gasteiger partial charge on any atom is -0.497 e. The van der Waals surface area contributed by atoms with Crippen molar-refractivity contribution in [3.8, 4) is 39.7 Å². The third-order valence-corrected chi connectivity index (χ3v) is 6.77. The molecule has 0 saturated heterocycles. The van der Waals surface area contributed by atoms with Gasteiger partial charge in [-0.3, -0.25) is 19.9 Å². The van der Waals surface area contributed by atoms with Crippen LogP contribution in [0.15, 0.2) is 91.5 Å². The quantitative estimate of drug-likeness (QED) is 0.228. The topological polar surface area (TPSA) is 134 Å². The van der Waals surface area contributed by atoms with E-state index in [4.69, 9.17) is 14.7 Å². The molecule has 5 aromatic heterocycles. The molecule has 10 nitrogen and oxygen atoms in total. The third kappa shape index (κ3) is 4.58. The zero-order valence-corrected chi connectivity index (χ0v) is 22.1. The standard InChI is InChI=1S/C31H21FN8O2/c1-42-22-11-18(9-20(32)12-22)23-15-34-16-26-27(23)38-30(37-26)29-28-25(39-40-29)8-7-24(36-28)19-10-21(14-33-13-19)35-31(41)17-5-3-2-4-6-17/h2-16H,1H3,(H,35,41)(H,37,38)(H,39,40). The smallest absolute Gasteiger partial charge is 0.255 e. The second-order valence-corrected chi connectivity index (χ2v) is 9.50. The minimum atomic E-state index is -0.426. The van der Waals surface area contributed by atoms with E-state index in [0.29, 0.717) is 73.0 Å². The highest BCUT2D eigenvalue weighted by molar-refractivity contribution is 6.04. The van der Waals surface area contributed by atoms with E-state index in [0.717, 1.165) is 0 Å². The Labute approximate surface area is 237 Å². The largest absolute Gasteiger partial charge is 0.497 e. The molecule has 0 aliphatic carbocycles. The number of hydrogen-bond acceptors (Lipinski definition) is 7. The van der Waals surface area contributed by atoms with E-state index in [-0.39, 0.29) is 5.91 Å². The number of hydrogen-bond donors (Lipinski definition) is 3. The maximum Gasteiger partial charge on any atom is 0.255 e. The number of aromatic nitrogens is 7. The average Bonchev–Trinajstić information content (AvgIpc) is 3.65. The number of halogens is 1. The van der Waals surface area contributed by atoms with Gasteiger partial charge in [-0.25, -0.2) is 14.4 Å². The molecule has 0 bridgehead atoms. The van der Waals surface area contributed by atoms with Crippen LogP contribution in [-0.2, 0) is 0 Å². The number of rotatable bonds is 6. The normalized spacial score (nSPS) is 11.2. The predicted molar refractivity (Wildman–Crippen MR) is 156 cm³/mol. The van der Waals surface area contributed by atoms with E-state index in [1.54, 1.807) is 43.0 Å². The maximum atomic E-state index is 14.3. The van der Waals surface area contributed by atoms with Crippen LogP contribution in [0.1, 0.15) is 10.4 Å². The Morgan fingerprint density at radius 3 is 2.57 bits per heavy atom. The van der Waals surface area contributed by atoms with Crippen LogP contribution in [-0.4, -0.2) is 48.1 Å². The summed E-state index contributed by atoms with van der Waals surface area (Å²) in [6.45, 7) is 0. The highest BCUT2D eigenvalue weighted by Gasteiger charge is 2.18. The van der Waals surface area contributed by atoms with Crippen LogP contribution in [0.3, 0.4) is 0 Å². The van der Waals surface area contributed by atoms with Crippen molar-refractivity contribution in [2.75, 3.05) is 12.4 Å². The second-order valence-electron chi connectivity index (χ2n) is 9.50. The summed E-state index contributed by atoms with van der Waals surface area (Å²) in [6.07, 6.45) is 6.55. The van der Waals surface area contributed by atoms with E-state index < -0.39 is 5.82 Å². The highest BCUT2D eigenvalue weighted by Crippen LogP contribution is 2.33. The number of nitrogens with zero attached hydrogens (tertiary/aromatic N) is 5. The molecule has 0 aliphatic heterocycles. The van der Waals surface area contributed by atoms with Crippen LogP contribution < -0.4 is 10.1 Å². The van der Waals surface area contributed by atoms with Crippen LogP contribution in [0, 0.1) is 5.82 Å². The lowest BCUT2D eigenvalue weighted by molar-refractivity contribution is 0.102. The number of nitrogens with one attached hydrogen (secondary N) is 3. The van der Waals surface area contributed by atoms with Crippen molar-refractivity contribution in [1.29, 1.82) is 0 Å². The molecule has 0 saturated carbocycles. The van der Waals surface area contributed by atoms with Crippen molar-refractivity contribution < 1.29 is 13.9 Å². The van der Waals surface area contributed by atoms with Crippen molar-refractivity contribution >= 4 is 33.7 Å². The summed E-state index contributed by atoms with van der Waals surface area (Å²) in [4.78, 5) is 34.2. The summed E-state index contributed by atoms with van der Waals surface area (Å²) < 4.78 is 19.5. The minimum absolute atomic E-state index is 0.231. The maximum absolute atomic E-state index is 14.3. The molecule has 0 radical (unpaired) electrons. The molecule has 5 heterocycles. The first-order chi connectivity index (χ1) is 20.6. The molecule has 7 aromatic rings. The molecule has 3 N–H and O–H groups in total. The molecular weight excluding hydrogens is 535 g/mol. The lowest BCUT2D eigenvalue weighted by Crippen LogP contribution is -2.11. The lowest BCUT2D eigenvalue weighted by Gasteiger charge is -2.07. The van der Waals surface area contributed by atoms with Crippen molar-refractivity contribution in [2.45, 2.75) is 0 Å². The fourth-order valence-electron chi connectivity index (χ4n) is 4.76. The molecule has 1 amide bonds. The number of amides is 1. The summed E-state index contributed by atoms with van der Waals surface area (Å²) in [6, 6.07) is 19.0. The number of ether oxygens (including phenoxy) is 1. The molecule has 0 aliphatic rings. The number of pyridine rings is 3. The fraction of sp³-hybridized carbons (Fsp3) is 0.0323. The first-order valence-electron chi connectivity index (χ1n) is 12.9. The van der Waals surface area contributed by atoms with Gasteiger partial charge in [0.2, 0.25) is 0 Å². The number of H-pyrrole nitrogens is 2. The predicted octanol–water partition coefficient (Wildman–Crippen LogP) is 6.03. The monoisotopic (exact) mass is 556 g/mol. The number of aromatic amines is 2. The first kappa shape index (κ1) is 25.0. The molecule has 0 unspecified atom stereocenters. The van der Waals surface area contributed by atoms with E-state index in [1.807, 2.05) is 36.4 Å². The van der Waals surface area contributed by atoms with Crippen molar-refractivity contribution in [3.63, 3.8) is 0 Å². The van der Waals surface area contributed by atoms with Gasteiger partial charge in [0.1, 0.15) is 17.1 Å². The molecule has 11 heteroatoms. The average molecular weight is 557 g/mol. The number of fused-ring (bicyclic) bond motifs is 2. The Hall–Kier alpha value is -5.97. The van der Waals surface area contributed by atoms with Crippen molar-refractivity contribution in [2.24, 2.45) is 0 Å². The molecule has 2 aromatic carbocycles. The van der Waals surface area contributed by atoms with Crippen LogP contribution in [0.5, 0.6) is 5.75 Å². The fourth-order valence-corrected chi connectivity index (χ4v) is 4.76. The Bertz CT molecular complexity index is 2110. The Morgan fingerprint density at radius 1 is 0.857 bits per heavy atom. The molecule has 0 atom stereocenters. The van der Waals surface area contributed by atoms with Crippen LogP contribution in [0.2, 0.25) is 0 Å². The summed E-state index contributed by atoms with van der Waals surface area (Å²) in [5.74, 6) is 0.210. The molecule has 42 heavy (non-hydrogen) atoms. The van der Waals surface area contributed by atoms with Gasteiger partial charge in [-0.15, -0.1) is 0 Å². The summed E-state index contributed by atoms with van der Waals surface area (Å²) >= 11 is 0. The Balaban J connectivity index is 1.25. The molecular formula is C31H21FN8O2. The van der Waals surface area contributed by atoms with E-state index in [1.165, 1.54) is 19.2 Å². The second kappa shape index (κ2) is 10.2. The summed E-state index contributed by atoms with van der Waals surface area (Å²) in [5.41, 5.74) is 6.74. The van der Waals surface area contributed by atoms with Gasteiger partial charge in [0.15, 0.2) is 11.5 Å². The molecule has 0 fully saturated rings. The molecule has 7 rings (SSSR count). The van der Waals surface area contributed by atoms with E-state index >= 15 is 0 Å². The number of anilines is 1. The zero-order chi connectivity index (χ0) is 28.6. The summed E-state index contributed by atoms with van der Waals surface area (Å²) in [5, 5.41) is 10.4. The number of imidazole rings is 1. The van der Waals surface area contributed by atoms with Crippen LogP contribution >= 0.6 is 0 Å². The van der Waals surface area contributed by atoms with Crippen molar-refractivity contribution in [3.05, 3.63) is 103 Å².